The average Bonchev–Trinajstić information content (AvgIpc) is 2.86. The summed E-state index contributed by atoms with van der Waals surface area (Å²) >= 11 is 0. The lowest BCUT2D eigenvalue weighted by molar-refractivity contribution is -0.946. The standard InChI is InChI=1S/C30H41N2O3.BrH/c1-29(2)22-31(23-29)30(3,25-11-6-4-7-12-25)28(33)35-27-21-32(18-15-24(27)16-19-32)17-10-20-34-26-13-8-5-9-14-26;/h4-9,11-14,24,27H,10,15-23H2,1-3H3;1H/q+1;/p-1/t24?,27-,30?,32?;/m0./s1. The highest BCUT2D eigenvalue weighted by molar-refractivity contribution is 5.82. The minimum atomic E-state index is -0.739. The minimum Gasteiger partial charge on any atom is -1.00 e. The number of para-hydroxylation sites is 1. The van der Waals surface area contributed by atoms with Gasteiger partial charge in [0.25, 0.3) is 0 Å². The molecule has 0 aliphatic carbocycles. The van der Waals surface area contributed by atoms with Gasteiger partial charge in [0.1, 0.15) is 17.8 Å². The molecule has 5 nitrogen and oxygen atoms in total. The van der Waals surface area contributed by atoms with Crippen molar-refractivity contribution in [3.8, 4) is 5.75 Å². The summed E-state index contributed by atoms with van der Waals surface area (Å²) in [6.07, 6.45) is 3.33. The molecule has 6 rings (SSSR count). The van der Waals surface area contributed by atoms with Gasteiger partial charge >= 0.3 is 5.97 Å². The van der Waals surface area contributed by atoms with Gasteiger partial charge in [0.15, 0.2) is 6.10 Å². The number of hydrogen-bond donors (Lipinski definition) is 0. The van der Waals surface area contributed by atoms with Crippen LogP contribution in [0.2, 0.25) is 0 Å². The number of benzene rings is 2. The van der Waals surface area contributed by atoms with Crippen LogP contribution in [-0.2, 0) is 15.1 Å². The first-order valence-corrected chi connectivity index (χ1v) is 13.3. The summed E-state index contributed by atoms with van der Waals surface area (Å²) < 4.78 is 13.4. The van der Waals surface area contributed by atoms with E-state index in [0.717, 1.165) is 67.8 Å². The molecule has 0 saturated carbocycles. The highest BCUT2D eigenvalue weighted by Crippen LogP contribution is 2.42. The molecule has 2 aromatic carbocycles. The van der Waals surface area contributed by atoms with Gasteiger partial charge in [0.2, 0.25) is 0 Å². The SMILES string of the molecule is CC1(C)CN(C(C)(C(=O)O[C@H]2C[N+]3(CCCOc4ccccc4)CCC2CC3)c2ccccc2)C1.[Br-]. The average molecular weight is 558 g/mol. The summed E-state index contributed by atoms with van der Waals surface area (Å²) in [5, 5.41) is 0. The molecule has 0 spiro atoms. The van der Waals surface area contributed by atoms with Gasteiger partial charge in [-0.3, -0.25) is 4.90 Å². The molecule has 0 aromatic heterocycles. The molecule has 0 N–H and O–H groups in total. The lowest BCUT2D eigenvalue weighted by Crippen LogP contribution is -3.00. The molecule has 2 aromatic rings. The summed E-state index contributed by atoms with van der Waals surface area (Å²) in [5.41, 5.74) is 0.531. The third-order valence-corrected chi connectivity index (χ3v) is 8.69. The summed E-state index contributed by atoms with van der Waals surface area (Å²) in [7, 11) is 0. The van der Waals surface area contributed by atoms with Gasteiger partial charge in [0.05, 0.1) is 26.2 Å². The number of nitrogens with zero attached hydrogens (tertiary/aromatic N) is 2. The van der Waals surface area contributed by atoms with Gasteiger partial charge in [-0.25, -0.2) is 4.79 Å². The van der Waals surface area contributed by atoms with E-state index in [-0.39, 0.29) is 34.5 Å². The largest absolute Gasteiger partial charge is 1.00 e. The van der Waals surface area contributed by atoms with Crippen LogP contribution in [0.25, 0.3) is 0 Å². The molecular weight excluding hydrogens is 516 g/mol. The number of likely N-dealkylation sites (tertiary alicyclic amines) is 1. The first kappa shape index (κ1) is 27.2. The smallest absolute Gasteiger partial charge is 0.331 e. The summed E-state index contributed by atoms with van der Waals surface area (Å²) in [4.78, 5) is 16.2. The Bertz CT molecular complexity index is 999. The first-order valence-electron chi connectivity index (χ1n) is 13.3. The van der Waals surface area contributed by atoms with E-state index in [1.165, 1.54) is 13.1 Å². The Morgan fingerprint density at radius 1 is 1.03 bits per heavy atom. The van der Waals surface area contributed by atoms with Crippen molar-refractivity contribution in [2.45, 2.75) is 51.7 Å². The second-order valence-electron chi connectivity index (χ2n) is 11.9. The molecule has 4 aliphatic heterocycles. The van der Waals surface area contributed by atoms with Crippen molar-refractivity contribution in [3.63, 3.8) is 0 Å². The van der Waals surface area contributed by atoms with E-state index in [2.05, 4.69) is 37.8 Å². The highest BCUT2D eigenvalue weighted by Gasteiger charge is 2.53. The van der Waals surface area contributed by atoms with Crippen molar-refractivity contribution in [2.75, 3.05) is 45.9 Å². The molecule has 4 saturated heterocycles. The molecule has 2 bridgehead atoms. The van der Waals surface area contributed by atoms with Crippen LogP contribution >= 0.6 is 0 Å². The second kappa shape index (κ2) is 10.8. The van der Waals surface area contributed by atoms with Gasteiger partial charge < -0.3 is 30.9 Å². The molecule has 1 unspecified atom stereocenters. The Morgan fingerprint density at radius 2 is 1.64 bits per heavy atom. The zero-order valence-electron chi connectivity index (χ0n) is 22.0. The zero-order valence-corrected chi connectivity index (χ0v) is 23.6. The Hall–Kier alpha value is -1.89. The number of halogens is 1. The molecule has 4 fully saturated rings. The number of esters is 1. The monoisotopic (exact) mass is 556 g/mol. The predicted octanol–water partition coefficient (Wildman–Crippen LogP) is 1.87. The fraction of sp³-hybridized carbons (Fsp3) is 0.567. The molecule has 2 atom stereocenters. The quantitative estimate of drug-likeness (QED) is 0.268. The van der Waals surface area contributed by atoms with Gasteiger partial charge in [0, 0.05) is 38.3 Å². The minimum absolute atomic E-state index is 0. The molecule has 6 heteroatoms. The maximum absolute atomic E-state index is 13.9. The summed E-state index contributed by atoms with van der Waals surface area (Å²) in [5.74, 6) is 1.35. The molecule has 4 aliphatic rings. The van der Waals surface area contributed by atoms with Crippen molar-refractivity contribution in [1.29, 1.82) is 0 Å². The lowest BCUT2D eigenvalue weighted by atomic mass is 9.77. The fourth-order valence-electron chi connectivity index (χ4n) is 6.52. The van der Waals surface area contributed by atoms with Crippen molar-refractivity contribution in [3.05, 3.63) is 66.2 Å². The van der Waals surface area contributed by atoms with Crippen LogP contribution in [-0.4, -0.2) is 67.3 Å². The van der Waals surface area contributed by atoms with Gasteiger partial charge in [-0.05, 0) is 30.0 Å². The number of fused-ring (bicyclic) bond motifs is 3. The van der Waals surface area contributed by atoms with Crippen LogP contribution in [0.15, 0.2) is 60.7 Å². The van der Waals surface area contributed by atoms with Crippen LogP contribution in [0.1, 0.15) is 45.6 Å². The maximum Gasteiger partial charge on any atom is 0.331 e. The van der Waals surface area contributed by atoms with E-state index in [0.29, 0.717) is 5.92 Å². The van der Waals surface area contributed by atoms with Crippen molar-refractivity contribution < 1.29 is 35.7 Å². The Balaban J connectivity index is 0.00000304. The van der Waals surface area contributed by atoms with E-state index in [4.69, 9.17) is 9.47 Å². The van der Waals surface area contributed by atoms with Gasteiger partial charge in [-0.15, -0.1) is 0 Å². The van der Waals surface area contributed by atoms with Crippen molar-refractivity contribution in [1.82, 2.24) is 4.90 Å². The van der Waals surface area contributed by atoms with Crippen LogP contribution < -0.4 is 21.7 Å². The van der Waals surface area contributed by atoms with E-state index in [1.807, 2.05) is 48.5 Å². The van der Waals surface area contributed by atoms with E-state index >= 15 is 0 Å². The van der Waals surface area contributed by atoms with E-state index in [1.54, 1.807) is 0 Å². The third-order valence-electron chi connectivity index (χ3n) is 8.69. The summed E-state index contributed by atoms with van der Waals surface area (Å²) in [6.45, 7) is 13.6. The molecule has 0 amide bonds. The number of piperidine rings is 3. The number of hydrogen-bond acceptors (Lipinski definition) is 4. The Kier molecular flexibility index (Phi) is 8.18. The third kappa shape index (κ3) is 5.51. The Labute approximate surface area is 227 Å². The normalized spacial score (nSPS) is 28.3. The number of ether oxygens (including phenoxy) is 2. The van der Waals surface area contributed by atoms with Crippen molar-refractivity contribution in [2.24, 2.45) is 11.3 Å². The van der Waals surface area contributed by atoms with E-state index < -0.39 is 5.54 Å². The first-order chi connectivity index (χ1) is 16.8. The van der Waals surface area contributed by atoms with Gasteiger partial charge in [-0.2, -0.15) is 0 Å². The molecule has 36 heavy (non-hydrogen) atoms. The molecule has 4 heterocycles. The van der Waals surface area contributed by atoms with Crippen LogP contribution in [0.5, 0.6) is 5.75 Å². The second-order valence-corrected chi connectivity index (χ2v) is 11.9. The Morgan fingerprint density at radius 3 is 2.25 bits per heavy atom. The number of rotatable bonds is 9. The maximum atomic E-state index is 13.9. The molecular formula is C30H41BrN2O3. The molecule has 0 radical (unpaired) electrons. The zero-order chi connectivity index (χ0) is 24.5. The van der Waals surface area contributed by atoms with Crippen LogP contribution in [0.3, 0.4) is 0 Å². The molecule has 196 valence electrons. The lowest BCUT2D eigenvalue weighted by Gasteiger charge is -2.55. The highest BCUT2D eigenvalue weighted by atomic mass is 79.9. The summed E-state index contributed by atoms with van der Waals surface area (Å²) in [6, 6.07) is 20.3. The number of carbonyl (C=O) groups is 1. The van der Waals surface area contributed by atoms with Crippen LogP contribution in [0, 0.1) is 11.3 Å². The number of quaternary nitrogens is 1. The van der Waals surface area contributed by atoms with Gasteiger partial charge in [-0.1, -0.05) is 62.4 Å². The van der Waals surface area contributed by atoms with Crippen LogP contribution in [0.4, 0.5) is 0 Å². The fourth-order valence-corrected chi connectivity index (χ4v) is 6.52. The topological polar surface area (TPSA) is 38.8 Å². The number of carbonyl (C=O) groups excluding carboxylic acids is 1. The predicted molar refractivity (Wildman–Crippen MR) is 138 cm³/mol. The van der Waals surface area contributed by atoms with Crippen molar-refractivity contribution >= 4 is 5.97 Å². The van der Waals surface area contributed by atoms with E-state index in [9.17, 15) is 4.79 Å².